The van der Waals surface area contributed by atoms with Gasteiger partial charge in [0.05, 0.1) is 6.61 Å². The second kappa shape index (κ2) is 11.0. The van der Waals surface area contributed by atoms with Crippen molar-refractivity contribution in [3.8, 4) is 5.75 Å². The minimum atomic E-state index is -0.392. The van der Waals surface area contributed by atoms with Crippen molar-refractivity contribution in [3.63, 3.8) is 0 Å². The average Bonchev–Trinajstić information content (AvgIpc) is 2.62. The van der Waals surface area contributed by atoms with Gasteiger partial charge in [-0.2, -0.15) is 0 Å². The Hall–Kier alpha value is -1.75. The van der Waals surface area contributed by atoms with E-state index < -0.39 is 6.09 Å². The Balaban J connectivity index is 1.70. The molecule has 1 amide bonds. The van der Waals surface area contributed by atoms with Crippen LogP contribution >= 0.6 is 0 Å². The van der Waals surface area contributed by atoms with Gasteiger partial charge in [0, 0.05) is 12.2 Å². The maximum absolute atomic E-state index is 12.0. The van der Waals surface area contributed by atoms with Crippen molar-refractivity contribution in [2.75, 3.05) is 38.2 Å². The van der Waals surface area contributed by atoms with Crippen LogP contribution in [-0.4, -0.2) is 43.8 Å². The number of likely N-dealkylation sites (tertiary alicyclic amines) is 1. The lowest BCUT2D eigenvalue weighted by atomic mass is 10.1. The zero-order valence-electron chi connectivity index (χ0n) is 15.7. The largest absolute Gasteiger partial charge is 0.494 e. The molecule has 0 atom stereocenters. The third-order valence-corrected chi connectivity index (χ3v) is 4.54. The van der Waals surface area contributed by atoms with Gasteiger partial charge in [0.25, 0.3) is 0 Å². The second-order valence-electron chi connectivity index (χ2n) is 6.70. The fourth-order valence-electron chi connectivity index (χ4n) is 3.00. The zero-order valence-corrected chi connectivity index (χ0v) is 15.7. The van der Waals surface area contributed by atoms with Crippen molar-refractivity contribution in [1.82, 2.24) is 4.90 Å². The fourth-order valence-corrected chi connectivity index (χ4v) is 3.00. The summed E-state index contributed by atoms with van der Waals surface area (Å²) in [6.07, 6.45) is 6.86. The van der Waals surface area contributed by atoms with Crippen molar-refractivity contribution in [1.29, 1.82) is 0 Å². The van der Waals surface area contributed by atoms with Gasteiger partial charge in [-0.05, 0) is 63.0 Å². The Morgan fingerprint density at radius 1 is 1.16 bits per heavy atom. The highest BCUT2D eigenvalue weighted by Crippen LogP contribution is 2.22. The number of nitrogens with zero attached hydrogens (tertiary/aromatic N) is 1. The number of carbonyl (C=O) groups is 1. The maximum Gasteiger partial charge on any atom is 0.411 e. The van der Waals surface area contributed by atoms with Crippen molar-refractivity contribution in [2.24, 2.45) is 0 Å². The number of hydrogen-bond donors (Lipinski definition) is 1. The molecule has 5 heteroatoms. The van der Waals surface area contributed by atoms with Gasteiger partial charge < -0.3 is 9.47 Å². The Labute approximate surface area is 151 Å². The molecule has 0 saturated carbocycles. The molecule has 0 unspecified atom stereocenters. The molecule has 0 radical (unpaired) electrons. The highest BCUT2D eigenvalue weighted by Gasteiger charge is 2.11. The van der Waals surface area contributed by atoms with E-state index in [1.165, 1.54) is 32.1 Å². The summed E-state index contributed by atoms with van der Waals surface area (Å²) in [6.45, 7) is 8.35. The van der Waals surface area contributed by atoms with E-state index in [1.807, 2.05) is 25.1 Å². The number of amides is 1. The molecule has 0 aromatic heterocycles. The smallest absolute Gasteiger partial charge is 0.411 e. The molecular formula is C20H32N2O3. The number of rotatable bonds is 9. The number of hydrogen-bond acceptors (Lipinski definition) is 4. The molecule has 1 aliphatic heterocycles. The van der Waals surface area contributed by atoms with Gasteiger partial charge in [-0.25, -0.2) is 4.79 Å². The molecule has 0 spiro atoms. The molecule has 1 aromatic rings. The fraction of sp³-hybridized carbons (Fsp3) is 0.650. The normalized spacial score (nSPS) is 15.0. The lowest BCUT2D eigenvalue weighted by molar-refractivity contribution is 0.131. The molecule has 1 heterocycles. The molecule has 2 rings (SSSR count). The molecule has 140 valence electrons. The summed E-state index contributed by atoms with van der Waals surface area (Å²) in [5, 5.41) is 2.82. The molecular weight excluding hydrogens is 316 g/mol. The lowest BCUT2D eigenvalue weighted by Gasteiger charge is -2.25. The number of anilines is 1. The second-order valence-corrected chi connectivity index (χ2v) is 6.70. The topological polar surface area (TPSA) is 50.8 Å². The predicted molar refractivity (Wildman–Crippen MR) is 101 cm³/mol. The van der Waals surface area contributed by atoms with Crippen molar-refractivity contribution < 1.29 is 14.3 Å². The van der Waals surface area contributed by atoms with Crippen LogP contribution in [0.3, 0.4) is 0 Å². The number of unbranched alkanes of at least 4 members (excludes halogenated alkanes) is 2. The molecule has 1 N–H and O–H groups in total. The molecule has 1 fully saturated rings. The van der Waals surface area contributed by atoms with E-state index in [4.69, 9.17) is 9.47 Å². The molecule has 1 aromatic carbocycles. The van der Waals surface area contributed by atoms with Crippen LogP contribution in [0.2, 0.25) is 0 Å². The maximum atomic E-state index is 12.0. The van der Waals surface area contributed by atoms with Crippen LogP contribution < -0.4 is 10.1 Å². The number of nitrogens with one attached hydrogen (secondary N) is 1. The van der Waals surface area contributed by atoms with E-state index in [0.29, 0.717) is 6.61 Å². The third-order valence-electron chi connectivity index (χ3n) is 4.54. The first-order valence-electron chi connectivity index (χ1n) is 9.58. The van der Waals surface area contributed by atoms with E-state index in [0.717, 1.165) is 49.7 Å². The molecule has 1 saturated heterocycles. The van der Waals surface area contributed by atoms with Crippen LogP contribution in [-0.2, 0) is 4.74 Å². The first-order valence-corrected chi connectivity index (χ1v) is 9.58. The number of benzene rings is 1. The van der Waals surface area contributed by atoms with Gasteiger partial charge in [-0.15, -0.1) is 0 Å². The summed E-state index contributed by atoms with van der Waals surface area (Å²) in [5.41, 5.74) is 1.74. The Kier molecular flexibility index (Phi) is 8.60. The molecule has 5 nitrogen and oxygen atoms in total. The van der Waals surface area contributed by atoms with Crippen LogP contribution in [0.1, 0.15) is 51.0 Å². The zero-order chi connectivity index (χ0) is 17.9. The number of piperidine rings is 1. The van der Waals surface area contributed by atoms with Gasteiger partial charge in [-0.3, -0.25) is 10.2 Å². The van der Waals surface area contributed by atoms with E-state index in [9.17, 15) is 4.79 Å². The quantitative estimate of drug-likeness (QED) is 0.663. The van der Waals surface area contributed by atoms with Crippen molar-refractivity contribution >= 4 is 11.8 Å². The number of ether oxygens (including phenoxy) is 2. The molecule has 0 bridgehead atoms. The SMILES string of the molecule is CCCCCOc1ccc(NC(=O)OCCN2CCCCC2)c(C)c1. The van der Waals surface area contributed by atoms with E-state index >= 15 is 0 Å². The van der Waals surface area contributed by atoms with Gasteiger partial charge >= 0.3 is 6.09 Å². The summed E-state index contributed by atoms with van der Waals surface area (Å²) in [6, 6.07) is 5.72. The van der Waals surface area contributed by atoms with Crippen LogP contribution in [0.15, 0.2) is 18.2 Å². The minimum absolute atomic E-state index is 0.392. The van der Waals surface area contributed by atoms with Gasteiger partial charge in [0.1, 0.15) is 12.4 Å². The third kappa shape index (κ3) is 7.34. The van der Waals surface area contributed by atoms with Crippen LogP contribution in [0.4, 0.5) is 10.5 Å². The minimum Gasteiger partial charge on any atom is -0.494 e. The summed E-state index contributed by atoms with van der Waals surface area (Å²) < 4.78 is 11.0. The molecule has 0 aliphatic carbocycles. The van der Waals surface area contributed by atoms with Crippen molar-refractivity contribution in [2.45, 2.75) is 52.4 Å². The standard InChI is InChI=1S/C20H32N2O3/c1-3-4-8-14-24-18-9-10-19(17(2)16-18)21-20(23)25-15-13-22-11-6-5-7-12-22/h9-10,16H,3-8,11-15H2,1-2H3,(H,21,23). The summed E-state index contributed by atoms with van der Waals surface area (Å²) in [4.78, 5) is 14.3. The molecule has 1 aliphatic rings. The highest BCUT2D eigenvalue weighted by molar-refractivity contribution is 5.85. The van der Waals surface area contributed by atoms with E-state index in [2.05, 4.69) is 17.1 Å². The number of carbonyl (C=O) groups excluding carboxylic acids is 1. The van der Waals surface area contributed by atoms with Crippen molar-refractivity contribution in [3.05, 3.63) is 23.8 Å². The summed E-state index contributed by atoms with van der Waals surface area (Å²) in [7, 11) is 0. The number of aryl methyl sites for hydroxylation is 1. The van der Waals surface area contributed by atoms with Crippen LogP contribution in [0, 0.1) is 6.92 Å². The Bertz CT molecular complexity index is 528. The Morgan fingerprint density at radius 3 is 2.68 bits per heavy atom. The monoisotopic (exact) mass is 348 g/mol. The average molecular weight is 348 g/mol. The van der Waals surface area contributed by atoms with Crippen LogP contribution in [0.5, 0.6) is 5.75 Å². The van der Waals surface area contributed by atoms with Gasteiger partial charge in [0.15, 0.2) is 0 Å². The molecule has 25 heavy (non-hydrogen) atoms. The Morgan fingerprint density at radius 2 is 1.96 bits per heavy atom. The van der Waals surface area contributed by atoms with Crippen LogP contribution in [0.25, 0.3) is 0 Å². The summed E-state index contributed by atoms with van der Waals surface area (Å²) >= 11 is 0. The first kappa shape index (κ1) is 19.6. The highest BCUT2D eigenvalue weighted by atomic mass is 16.5. The first-order chi connectivity index (χ1) is 12.2. The van der Waals surface area contributed by atoms with E-state index in [-0.39, 0.29) is 0 Å². The van der Waals surface area contributed by atoms with Gasteiger partial charge in [0.2, 0.25) is 0 Å². The van der Waals surface area contributed by atoms with Gasteiger partial charge in [-0.1, -0.05) is 26.2 Å². The lowest BCUT2D eigenvalue weighted by Crippen LogP contribution is -2.33. The summed E-state index contributed by atoms with van der Waals surface area (Å²) in [5.74, 6) is 0.845. The predicted octanol–water partition coefficient (Wildman–Crippen LogP) is 4.60. The van der Waals surface area contributed by atoms with E-state index in [1.54, 1.807) is 0 Å².